The second-order valence-electron chi connectivity index (χ2n) is 4.09. The van der Waals surface area contributed by atoms with Gasteiger partial charge < -0.3 is 0 Å². The molecule has 2 atom stereocenters. The van der Waals surface area contributed by atoms with Gasteiger partial charge >= 0.3 is 0 Å². The predicted octanol–water partition coefficient (Wildman–Crippen LogP) is 4.39. The summed E-state index contributed by atoms with van der Waals surface area (Å²) in [6, 6.07) is 0. The summed E-state index contributed by atoms with van der Waals surface area (Å²) in [5.41, 5.74) is 0. The smallest absolute Gasteiger partial charge is 0.0386 e. The van der Waals surface area contributed by atoms with E-state index in [4.69, 9.17) is 0 Å². The first-order valence-corrected chi connectivity index (χ1v) is 5.97. The van der Waals surface area contributed by atoms with E-state index in [1.165, 1.54) is 25.7 Å². The summed E-state index contributed by atoms with van der Waals surface area (Å²) in [4.78, 5) is 0. The molecule has 72 valence electrons. The molecule has 0 aromatic heterocycles. The molecule has 12 heavy (non-hydrogen) atoms. The first-order valence-electron chi connectivity index (χ1n) is 5.97. The summed E-state index contributed by atoms with van der Waals surface area (Å²) in [6.45, 7) is 4.00. The van der Waals surface area contributed by atoms with E-state index in [0.29, 0.717) is 0 Å². The van der Waals surface area contributed by atoms with E-state index in [1.54, 1.807) is 25.7 Å². The largest absolute Gasteiger partial charge is 0.0683 e. The molecule has 2 saturated carbocycles. The van der Waals surface area contributed by atoms with Gasteiger partial charge in [-0.15, -0.1) is 0 Å². The minimum atomic E-state index is 1.16. The Morgan fingerprint density at radius 1 is 0.583 bits per heavy atom. The molecule has 0 spiro atoms. The van der Waals surface area contributed by atoms with Crippen LogP contribution in [0, 0.1) is 11.8 Å². The summed E-state index contributed by atoms with van der Waals surface area (Å²) in [5.74, 6) is 2.31. The van der Waals surface area contributed by atoms with Crippen molar-refractivity contribution in [3.05, 3.63) is 0 Å². The Morgan fingerprint density at radius 3 is 1.50 bits per heavy atom. The molecule has 0 N–H and O–H groups in total. The molecular weight excluding hydrogens is 144 g/mol. The van der Waals surface area contributed by atoms with Gasteiger partial charge in [0.2, 0.25) is 0 Å². The third-order valence-electron chi connectivity index (χ3n) is 3.47. The van der Waals surface area contributed by atoms with Crippen molar-refractivity contribution < 1.29 is 0 Å². The molecule has 2 aliphatic rings. The molecule has 0 bridgehead atoms. The van der Waals surface area contributed by atoms with Gasteiger partial charge in [0.1, 0.15) is 0 Å². The van der Waals surface area contributed by atoms with Crippen molar-refractivity contribution in [3.63, 3.8) is 0 Å². The van der Waals surface area contributed by atoms with Crippen LogP contribution in [-0.4, -0.2) is 0 Å². The minimum Gasteiger partial charge on any atom is -0.0683 e. The Morgan fingerprint density at radius 2 is 1.00 bits per heavy atom. The molecule has 0 radical (unpaired) electrons. The van der Waals surface area contributed by atoms with E-state index in [0.717, 1.165) is 11.8 Å². The lowest BCUT2D eigenvalue weighted by Gasteiger charge is -2.14. The first-order chi connectivity index (χ1) is 5.97. The maximum atomic E-state index is 2.00. The molecular formula is C12H24. The Kier molecular flexibility index (Phi) is 4.72. The lowest BCUT2D eigenvalue weighted by atomic mass is 9.92. The van der Waals surface area contributed by atoms with Crippen LogP contribution in [0.3, 0.4) is 0 Å². The quantitative estimate of drug-likeness (QED) is 0.503. The van der Waals surface area contributed by atoms with E-state index in [2.05, 4.69) is 0 Å². The molecule has 0 aromatic rings. The summed E-state index contributed by atoms with van der Waals surface area (Å²) in [7, 11) is 0. The van der Waals surface area contributed by atoms with Gasteiger partial charge in [-0.05, 0) is 11.8 Å². The Labute approximate surface area is 77.7 Å². The van der Waals surface area contributed by atoms with Crippen LogP contribution in [0.2, 0.25) is 0 Å². The Balaban J connectivity index is 0.000000336. The zero-order valence-electron chi connectivity index (χ0n) is 8.81. The van der Waals surface area contributed by atoms with Crippen molar-refractivity contribution in [2.24, 2.45) is 11.8 Å². The van der Waals surface area contributed by atoms with Gasteiger partial charge in [0.25, 0.3) is 0 Å². The average molecular weight is 168 g/mol. The SMILES string of the molecule is C1CCC2CCCC2CC1.CC. The van der Waals surface area contributed by atoms with E-state index < -0.39 is 0 Å². The van der Waals surface area contributed by atoms with Crippen LogP contribution in [0.15, 0.2) is 0 Å². The van der Waals surface area contributed by atoms with Crippen LogP contribution < -0.4 is 0 Å². The highest BCUT2D eigenvalue weighted by molar-refractivity contribution is 4.79. The molecule has 0 nitrogen and oxygen atoms in total. The van der Waals surface area contributed by atoms with Crippen LogP contribution in [-0.2, 0) is 0 Å². The predicted molar refractivity (Wildman–Crippen MR) is 55.3 cm³/mol. The molecule has 0 aliphatic heterocycles. The van der Waals surface area contributed by atoms with Crippen molar-refractivity contribution >= 4 is 0 Å². The fourth-order valence-corrected chi connectivity index (χ4v) is 2.86. The highest BCUT2D eigenvalue weighted by Crippen LogP contribution is 2.40. The third kappa shape index (κ3) is 2.50. The highest BCUT2D eigenvalue weighted by atomic mass is 14.3. The van der Waals surface area contributed by atoms with Gasteiger partial charge in [-0.25, -0.2) is 0 Å². The molecule has 0 heteroatoms. The molecule has 0 saturated heterocycles. The third-order valence-corrected chi connectivity index (χ3v) is 3.47. The monoisotopic (exact) mass is 168 g/mol. The van der Waals surface area contributed by atoms with Gasteiger partial charge in [-0.1, -0.05) is 65.2 Å². The molecule has 0 heterocycles. The fourth-order valence-electron chi connectivity index (χ4n) is 2.86. The highest BCUT2D eigenvalue weighted by Gasteiger charge is 2.27. The summed E-state index contributed by atoms with van der Waals surface area (Å²) in [5, 5.41) is 0. The number of hydrogen-bond donors (Lipinski definition) is 0. The van der Waals surface area contributed by atoms with E-state index in [1.807, 2.05) is 13.8 Å². The lowest BCUT2D eigenvalue weighted by molar-refractivity contribution is 0.367. The van der Waals surface area contributed by atoms with Gasteiger partial charge in [-0.2, -0.15) is 0 Å². The van der Waals surface area contributed by atoms with Crippen molar-refractivity contribution in [1.29, 1.82) is 0 Å². The van der Waals surface area contributed by atoms with Gasteiger partial charge in [0.15, 0.2) is 0 Å². The molecule has 0 aromatic carbocycles. The van der Waals surface area contributed by atoms with Crippen LogP contribution >= 0.6 is 0 Å². The van der Waals surface area contributed by atoms with E-state index in [-0.39, 0.29) is 0 Å². The molecule has 2 rings (SSSR count). The van der Waals surface area contributed by atoms with Crippen LogP contribution in [0.5, 0.6) is 0 Å². The topological polar surface area (TPSA) is 0 Å². The number of fused-ring (bicyclic) bond motifs is 1. The Bertz CT molecular complexity index is 94.6. The first kappa shape index (κ1) is 10.1. The second kappa shape index (κ2) is 5.61. The average Bonchev–Trinajstić information content (AvgIpc) is 2.46. The van der Waals surface area contributed by atoms with Gasteiger partial charge in [0.05, 0.1) is 0 Å². The van der Waals surface area contributed by atoms with Gasteiger partial charge in [0, 0.05) is 0 Å². The van der Waals surface area contributed by atoms with Crippen LogP contribution in [0.4, 0.5) is 0 Å². The molecule has 0 amide bonds. The maximum Gasteiger partial charge on any atom is -0.0386 e. The van der Waals surface area contributed by atoms with E-state index in [9.17, 15) is 0 Å². The second-order valence-corrected chi connectivity index (χ2v) is 4.09. The standard InChI is InChI=1S/C10H18.C2H6/c1-2-5-9-7-4-8-10(9)6-3-1;1-2/h9-10H,1-8H2;1-2H3. The summed E-state index contributed by atoms with van der Waals surface area (Å²) < 4.78 is 0. The maximum absolute atomic E-state index is 2.00. The minimum absolute atomic E-state index is 1.16. The molecule has 2 unspecified atom stereocenters. The fraction of sp³-hybridized carbons (Fsp3) is 1.00. The van der Waals surface area contributed by atoms with Crippen LogP contribution in [0.1, 0.15) is 65.2 Å². The van der Waals surface area contributed by atoms with Crippen LogP contribution in [0.25, 0.3) is 0 Å². The molecule has 2 aliphatic carbocycles. The van der Waals surface area contributed by atoms with Crippen molar-refractivity contribution in [1.82, 2.24) is 0 Å². The molecule has 2 fully saturated rings. The zero-order valence-corrected chi connectivity index (χ0v) is 8.81. The Hall–Kier alpha value is 0. The van der Waals surface area contributed by atoms with Crippen molar-refractivity contribution in [2.75, 3.05) is 0 Å². The normalized spacial score (nSPS) is 34.5. The van der Waals surface area contributed by atoms with Crippen molar-refractivity contribution in [2.45, 2.75) is 65.2 Å². The number of rotatable bonds is 0. The summed E-state index contributed by atoms with van der Waals surface area (Å²) >= 11 is 0. The van der Waals surface area contributed by atoms with Crippen molar-refractivity contribution in [3.8, 4) is 0 Å². The van der Waals surface area contributed by atoms with Gasteiger partial charge in [-0.3, -0.25) is 0 Å². The number of hydrogen-bond acceptors (Lipinski definition) is 0. The zero-order chi connectivity index (χ0) is 8.81. The lowest BCUT2D eigenvalue weighted by Crippen LogP contribution is -2.04. The summed E-state index contributed by atoms with van der Waals surface area (Å²) in [6.07, 6.45) is 12.4. The van der Waals surface area contributed by atoms with E-state index >= 15 is 0 Å².